The topological polar surface area (TPSA) is 0 Å². The van der Waals surface area contributed by atoms with Gasteiger partial charge in [0.15, 0.2) is 0 Å². The van der Waals surface area contributed by atoms with Crippen LogP contribution in [0.3, 0.4) is 0 Å². The summed E-state index contributed by atoms with van der Waals surface area (Å²) in [4.78, 5) is 8.13. The Hall–Kier alpha value is -2.53. The van der Waals surface area contributed by atoms with E-state index in [0.29, 0.717) is 0 Å². The highest BCUT2D eigenvalue weighted by molar-refractivity contribution is 9.11. The standard InChI is InChI=1S/C40H24B2Br2S6/c1-17-3-5-21-13-23(9-7-19(21)11-17)25-15-27-33(45-25)29(41)35(47-27)39-32(44)40-37(50-39)30(42)36(49-40)38-31(43)34-28(48-38)16-26(46-34)24-10-8-20-12-18(2)4-6-22(20)14-24/h3-16H,41-42H2,1-2H3. The minimum absolute atomic E-state index is 1.23. The first-order valence-electron chi connectivity index (χ1n) is 16.2. The fourth-order valence-corrected chi connectivity index (χ4v) is 17.2. The summed E-state index contributed by atoms with van der Waals surface area (Å²) in [5, 5.41) is 5.20. The largest absolute Gasteiger partial charge is 0.143 e. The second kappa shape index (κ2) is 12.0. The average molecular weight is 878 g/mol. The molecule has 0 fully saturated rings. The first-order valence-corrected chi connectivity index (χ1v) is 22.7. The Morgan fingerprint density at radius 3 is 1.44 bits per heavy atom. The number of rotatable bonds is 4. The Morgan fingerprint density at radius 1 is 0.420 bits per heavy atom. The van der Waals surface area contributed by atoms with Crippen LogP contribution in [0.1, 0.15) is 11.1 Å². The van der Waals surface area contributed by atoms with Crippen molar-refractivity contribution in [3.05, 3.63) is 105 Å². The molecule has 10 heteroatoms. The average Bonchev–Trinajstić information content (AvgIpc) is 3.95. The van der Waals surface area contributed by atoms with Gasteiger partial charge in [-0.2, -0.15) is 0 Å². The molecule has 0 saturated heterocycles. The summed E-state index contributed by atoms with van der Waals surface area (Å²) in [5.74, 6) is 0. The second-order valence-corrected chi connectivity index (χ2v) is 20.8. The van der Waals surface area contributed by atoms with E-state index in [-0.39, 0.29) is 0 Å². The van der Waals surface area contributed by atoms with E-state index >= 15 is 0 Å². The van der Waals surface area contributed by atoms with E-state index in [1.165, 1.54) is 121 Å². The highest BCUT2D eigenvalue weighted by atomic mass is 79.9. The summed E-state index contributed by atoms with van der Waals surface area (Å²) in [6.45, 7) is 4.31. The van der Waals surface area contributed by atoms with Crippen LogP contribution in [0.5, 0.6) is 0 Å². The predicted octanol–water partition coefficient (Wildman–Crippen LogP) is 13.1. The summed E-state index contributed by atoms with van der Waals surface area (Å²) in [6.07, 6.45) is 0. The highest BCUT2D eigenvalue weighted by Crippen LogP contribution is 2.53. The second-order valence-electron chi connectivity index (χ2n) is 13.0. The minimum Gasteiger partial charge on any atom is -0.135 e. The normalized spacial score (nSPS) is 12.2. The van der Waals surface area contributed by atoms with Crippen molar-refractivity contribution >= 4 is 176 Å². The summed E-state index contributed by atoms with van der Waals surface area (Å²) in [6, 6.07) is 31.9. The van der Waals surface area contributed by atoms with Crippen molar-refractivity contribution in [2.45, 2.75) is 13.8 Å². The molecule has 10 aromatic rings. The van der Waals surface area contributed by atoms with Gasteiger partial charge < -0.3 is 0 Å². The van der Waals surface area contributed by atoms with Crippen LogP contribution in [0, 0.1) is 13.8 Å². The lowest BCUT2D eigenvalue weighted by Gasteiger charge is -2.03. The van der Waals surface area contributed by atoms with E-state index in [9.17, 15) is 0 Å². The summed E-state index contributed by atoms with van der Waals surface area (Å²) < 4.78 is 10.7. The fourth-order valence-electron chi connectivity index (χ4n) is 6.92. The molecule has 0 amide bonds. The quantitative estimate of drug-likeness (QED) is 0.155. The van der Waals surface area contributed by atoms with Crippen molar-refractivity contribution in [2.24, 2.45) is 0 Å². The molecule has 0 aliphatic heterocycles. The van der Waals surface area contributed by atoms with Gasteiger partial charge in [-0.3, -0.25) is 0 Å². The first-order chi connectivity index (χ1) is 24.2. The molecule has 0 aliphatic carbocycles. The molecule has 10 rings (SSSR count). The third-order valence-electron chi connectivity index (χ3n) is 9.57. The van der Waals surface area contributed by atoms with Crippen molar-refractivity contribution in [1.82, 2.24) is 0 Å². The van der Waals surface area contributed by atoms with Gasteiger partial charge in [0.2, 0.25) is 0 Å². The van der Waals surface area contributed by atoms with Crippen molar-refractivity contribution in [1.29, 1.82) is 0 Å². The third kappa shape index (κ3) is 5.05. The van der Waals surface area contributed by atoms with Crippen molar-refractivity contribution in [2.75, 3.05) is 0 Å². The molecule has 0 nitrogen and oxygen atoms in total. The molecule has 6 heterocycles. The van der Waals surface area contributed by atoms with Gasteiger partial charge in [-0.15, -0.1) is 68.0 Å². The van der Waals surface area contributed by atoms with Crippen LogP contribution in [0.4, 0.5) is 0 Å². The van der Waals surface area contributed by atoms with E-state index in [2.05, 4.69) is 146 Å². The number of halogens is 2. The molecule has 0 saturated carbocycles. The van der Waals surface area contributed by atoms with Gasteiger partial charge in [-0.25, -0.2) is 0 Å². The lowest BCUT2D eigenvalue weighted by atomic mass is 9.95. The molecular weight excluding hydrogens is 854 g/mol. The van der Waals surface area contributed by atoms with E-state index in [0.717, 1.165) is 0 Å². The maximum absolute atomic E-state index is 4.09. The highest BCUT2D eigenvalue weighted by Gasteiger charge is 2.25. The Kier molecular flexibility index (Phi) is 7.72. The number of aryl methyl sites for hydroxylation is 2. The molecule has 50 heavy (non-hydrogen) atoms. The zero-order chi connectivity index (χ0) is 34.0. The van der Waals surface area contributed by atoms with Crippen LogP contribution in [-0.4, -0.2) is 15.7 Å². The number of fused-ring (bicyclic) bond motifs is 5. The van der Waals surface area contributed by atoms with E-state index < -0.39 is 0 Å². The van der Waals surface area contributed by atoms with Crippen LogP contribution in [0.15, 0.2) is 93.9 Å². The Bertz CT molecular complexity index is 2820. The number of benzene rings is 4. The molecule has 240 valence electrons. The van der Waals surface area contributed by atoms with Gasteiger partial charge >= 0.3 is 0 Å². The number of thiophene rings is 6. The summed E-state index contributed by atoms with van der Waals surface area (Å²) in [5.41, 5.74) is 7.97. The smallest absolute Gasteiger partial charge is 0.135 e. The zero-order valence-corrected chi connectivity index (χ0v) is 35.4. The summed E-state index contributed by atoms with van der Waals surface area (Å²) in [7, 11) is 4.61. The molecule has 0 spiro atoms. The van der Waals surface area contributed by atoms with Gasteiger partial charge in [0.25, 0.3) is 0 Å². The molecule has 4 aromatic carbocycles. The van der Waals surface area contributed by atoms with Gasteiger partial charge in [-0.1, -0.05) is 82.7 Å². The van der Waals surface area contributed by atoms with E-state index in [1.54, 1.807) is 0 Å². The van der Waals surface area contributed by atoms with Gasteiger partial charge in [0, 0.05) is 38.3 Å². The zero-order valence-electron chi connectivity index (χ0n) is 27.3. The van der Waals surface area contributed by atoms with Crippen LogP contribution < -0.4 is 10.9 Å². The van der Waals surface area contributed by atoms with Gasteiger partial charge in [-0.05, 0) is 103 Å². The number of hydrogen-bond acceptors (Lipinski definition) is 6. The van der Waals surface area contributed by atoms with Gasteiger partial charge in [0.1, 0.15) is 15.7 Å². The molecular formula is C40H24B2Br2S6. The Morgan fingerprint density at radius 2 is 0.860 bits per heavy atom. The molecule has 0 atom stereocenters. The predicted molar refractivity (Wildman–Crippen MR) is 244 cm³/mol. The maximum Gasteiger partial charge on any atom is 0.143 e. The van der Waals surface area contributed by atoms with Crippen LogP contribution in [0.2, 0.25) is 0 Å². The minimum atomic E-state index is 1.23. The maximum atomic E-state index is 4.09. The number of hydrogen-bond donors (Lipinski definition) is 0. The van der Waals surface area contributed by atoms with E-state index in [1.807, 2.05) is 68.0 Å². The van der Waals surface area contributed by atoms with Crippen LogP contribution >= 0.6 is 99.9 Å². The van der Waals surface area contributed by atoms with Crippen molar-refractivity contribution < 1.29 is 0 Å². The van der Waals surface area contributed by atoms with Crippen molar-refractivity contribution in [3.8, 4) is 40.4 Å². The molecule has 0 unspecified atom stereocenters. The van der Waals surface area contributed by atoms with Crippen molar-refractivity contribution in [3.63, 3.8) is 0 Å². The van der Waals surface area contributed by atoms with E-state index in [4.69, 9.17) is 0 Å². The first kappa shape index (κ1) is 32.1. The molecule has 0 N–H and O–H groups in total. The lowest BCUT2D eigenvalue weighted by molar-refractivity contribution is 1.51. The lowest BCUT2D eigenvalue weighted by Crippen LogP contribution is -2.01. The summed E-state index contributed by atoms with van der Waals surface area (Å²) >= 11 is 19.7. The third-order valence-corrected chi connectivity index (χ3v) is 20.4. The van der Waals surface area contributed by atoms with Gasteiger partial charge in [0.05, 0.1) is 28.1 Å². The SMILES string of the molecule is Bc1c(-c2sc3c(B)c(-c4sc5cc(-c6ccc7cc(C)ccc7c6)sc5c4Br)sc3c2Br)sc2cc(-c3ccc4cc(C)ccc4c3)sc12. The molecule has 0 radical (unpaired) electrons. The molecule has 0 bridgehead atoms. The molecule has 0 aliphatic rings. The van der Waals surface area contributed by atoms with Crippen LogP contribution in [-0.2, 0) is 0 Å². The fraction of sp³-hybridized carbons (Fsp3) is 0.0500. The van der Waals surface area contributed by atoms with Crippen LogP contribution in [0.25, 0.3) is 90.1 Å². The Balaban J connectivity index is 0.986. The molecule has 6 aromatic heterocycles. The Labute approximate surface area is 332 Å². The monoisotopic (exact) mass is 876 g/mol.